The molecule has 13 nitrogen and oxygen atoms in total. The van der Waals surface area contributed by atoms with Crippen LogP contribution in [-0.4, -0.2) is 91.7 Å². The Bertz CT molecular complexity index is 1330. The number of amides is 2. The van der Waals surface area contributed by atoms with Crippen molar-refractivity contribution in [2.24, 2.45) is 11.1 Å². The Hall–Kier alpha value is -2.77. The van der Waals surface area contributed by atoms with Gasteiger partial charge in [0.15, 0.2) is 0 Å². The van der Waals surface area contributed by atoms with Gasteiger partial charge < -0.3 is 24.4 Å². The van der Waals surface area contributed by atoms with Crippen molar-refractivity contribution < 1.29 is 37.8 Å². The SMILES string of the molecule is COc1ccc(COC(=O)C2C(CI)CS[C@@H]3[C@H](NC(=O)/C(=N/OCF)c4nsc(NC(=O)OC(C)(C)C)n4)CN23)cc1. The lowest BCUT2D eigenvalue weighted by molar-refractivity contribution is -0.157. The fourth-order valence-electron chi connectivity index (χ4n) is 4.39. The molecule has 43 heavy (non-hydrogen) atoms. The molecule has 2 fully saturated rings. The molecule has 0 bridgehead atoms. The fraction of sp³-hybridized carbons (Fsp3) is 0.538. The van der Waals surface area contributed by atoms with Crippen LogP contribution in [0.1, 0.15) is 32.2 Å². The number of esters is 1. The van der Waals surface area contributed by atoms with Crippen LogP contribution in [0.3, 0.4) is 0 Å². The number of hydrogen-bond donors (Lipinski definition) is 2. The Labute approximate surface area is 269 Å². The van der Waals surface area contributed by atoms with Crippen LogP contribution in [-0.2, 0) is 30.5 Å². The highest BCUT2D eigenvalue weighted by atomic mass is 127. The maximum absolute atomic E-state index is 13.2. The predicted molar refractivity (Wildman–Crippen MR) is 167 cm³/mol. The lowest BCUT2D eigenvalue weighted by atomic mass is 9.95. The van der Waals surface area contributed by atoms with Crippen molar-refractivity contribution in [1.82, 2.24) is 19.6 Å². The molecule has 0 saturated carbocycles. The molecule has 2 aromatic rings. The van der Waals surface area contributed by atoms with Gasteiger partial charge in [-0.25, -0.2) is 9.18 Å². The second-order valence-electron chi connectivity index (χ2n) is 10.5. The van der Waals surface area contributed by atoms with E-state index in [0.29, 0.717) is 18.0 Å². The lowest BCUT2D eigenvalue weighted by Gasteiger charge is -2.55. The standard InChI is InChI=1S/C26H32FIN6O7S2/c1-26(2,3)41-25(37)31-24-30-20(33-43-24)18(32-40-13-27)21(35)29-17-10-34-19(15(9-28)12-42-22(17)34)23(36)39-11-14-5-7-16(38-4)8-6-14/h5-8,15,17,19,22H,9-13H2,1-4H3,(H,29,35)(H,30,31,33,37)/b32-18+/t15?,17-,19?,22-/m1/s1. The van der Waals surface area contributed by atoms with Gasteiger partial charge in [-0.2, -0.15) is 9.36 Å². The third-order valence-corrected chi connectivity index (χ3v) is 9.65. The zero-order chi connectivity index (χ0) is 31.1. The van der Waals surface area contributed by atoms with Gasteiger partial charge in [-0.1, -0.05) is 39.9 Å². The van der Waals surface area contributed by atoms with Crippen LogP contribution in [0.2, 0.25) is 0 Å². The van der Waals surface area contributed by atoms with Gasteiger partial charge in [0.25, 0.3) is 12.8 Å². The molecule has 4 atom stereocenters. The lowest BCUT2D eigenvalue weighted by Crippen LogP contribution is -2.73. The first-order chi connectivity index (χ1) is 20.5. The van der Waals surface area contributed by atoms with E-state index < -0.39 is 30.5 Å². The van der Waals surface area contributed by atoms with E-state index in [-0.39, 0.29) is 46.6 Å². The van der Waals surface area contributed by atoms with Gasteiger partial charge in [0.2, 0.25) is 16.7 Å². The van der Waals surface area contributed by atoms with Crippen LogP contribution >= 0.6 is 45.9 Å². The van der Waals surface area contributed by atoms with Crippen molar-refractivity contribution in [2.75, 3.05) is 36.0 Å². The summed E-state index contributed by atoms with van der Waals surface area (Å²) in [5.41, 5.74) is -0.236. The average molecular weight is 751 g/mol. The Morgan fingerprint density at radius 2 is 1.98 bits per heavy atom. The molecule has 2 aliphatic heterocycles. The molecule has 2 saturated heterocycles. The minimum Gasteiger partial charge on any atom is -0.497 e. The number of alkyl halides is 2. The van der Waals surface area contributed by atoms with Crippen molar-refractivity contribution in [3.63, 3.8) is 0 Å². The number of aromatic nitrogens is 2. The van der Waals surface area contributed by atoms with E-state index in [4.69, 9.17) is 14.2 Å². The van der Waals surface area contributed by atoms with E-state index in [1.165, 1.54) is 0 Å². The van der Waals surface area contributed by atoms with Gasteiger partial charge in [0.05, 0.1) is 18.5 Å². The summed E-state index contributed by atoms with van der Waals surface area (Å²) < 4.78 is 33.7. The number of rotatable bonds is 11. The Morgan fingerprint density at radius 3 is 2.63 bits per heavy atom. The first-order valence-electron chi connectivity index (χ1n) is 13.2. The number of oxime groups is 1. The number of ether oxygens (including phenoxy) is 3. The van der Waals surface area contributed by atoms with E-state index in [2.05, 4.69) is 52.6 Å². The fourth-order valence-corrected chi connectivity index (χ4v) is 7.70. The molecule has 4 rings (SSSR count). The third kappa shape index (κ3) is 8.66. The molecule has 2 N–H and O–H groups in total. The summed E-state index contributed by atoms with van der Waals surface area (Å²) in [7, 11) is 1.59. The normalized spacial score (nSPS) is 22.0. The monoisotopic (exact) mass is 750 g/mol. The van der Waals surface area contributed by atoms with Crippen molar-refractivity contribution in [2.45, 2.75) is 50.4 Å². The molecular formula is C26H32FIN6O7S2. The summed E-state index contributed by atoms with van der Waals surface area (Å²) in [6.45, 7) is 4.40. The number of carbonyl (C=O) groups excluding carboxylic acids is 3. The van der Waals surface area contributed by atoms with Crippen molar-refractivity contribution in [1.29, 1.82) is 0 Å². The molecule has 0 radical (unpaired) electrons. The van der Waals surface area contributed by atoms with Gasteiger partial charge in [-0.05, 0) is 38.5 Å². The van der Waals surface area contributed by atoms with Gasteiger partial charge in [0.1, 0.15) is 24.0 Å². The molecule has 0 aliphatic carbocycles. The van der Waals surface area contributed by atoms with Crippen LogP contribution in [0.5, 0.6) is 5.75 Å². The van der Waals surface area contributed by atoms with E-state index >= 15 is 0 Å². The number of anilines is 1. The molecular weight excluding hydrogens is 718 g/mol. The maximum atomic E-state index is 13.2. The molecule has 0 spiro atoms. The van der Waals surface area contributed by atoms with Crippen LogP contribution in [0.25, 0.3) is 0 Å². The number of halogens is 2. The molecule has 2 amide bonds. The zero-order valence-corrected chi connectivity index (χ0v) is 27.7. The number of hydrogen-bond acceptors (Lipinski definition) is 13. The van der Waals surface area contributed by atoms with E-state index in [1.54, 1.807) is 39.6 Å². The Morgan fingerprint density at radius 1 is 1.23 bits per heavy atom. The molecule has 1 aromatic carbocycles. The first-order valence-corrected chi connectivity index (χ1v) is 16.5. The molecule has 2 aliphatic rings. The molecule has 17 heteroatoms. The predicted octanol–water partition coefficient (Wildman–Crippen LogP) is 3.58. The number of nitrogens with one attached hydrogen (secondary N) is 2. The highest BCUT2D eigenvalue weighted by molar-refractivity contribution is 14.1. The van der Waals surface area contributed by atoms with Crippen LogP contribution in [0.4, 0.5) is 14.3 Å². The van der Waals surface area contributed by atoms with Crippen molar-refractivity contribution >= 4 is 74.7 Å². The third-order valence-electron chi connectivity index (χ3n) is 6.33. The van der Waals surface area contributed by atoms with E-state index in [1.807, 2.05) is 29.2 Å². The van der Waals surface area contributed by atoms with Gasteiger partial charge in [-0.3, -0.25) is 19.8 Å². The van der Waals surface area contributed by atoms with Crippen molar-refractivity contribution in [3.05, 3.63) is 35.7 Å². The zero-order valence-electron chi connectivity index (χ0n) is 23.9. The van der Waals surface area contributed by atoms with Crippen LogP contribution in [0, 0.1) is 5.92 Å². The van der Waals surface area contributed by atoms with E-state index in [9.17, 15) is 18.8 Å². The second-order valence-corrected chi connectivity index (χ2v) is 13.3. The molecule has 234 valence electrons. The summed E-state index contributed by atoms with van der Waals surface area (Å²) in [5.74, 6) is 0.344. The Kier molecular flexibility index (Phi) is 11.4. The quantitative estimate of drug-likeness (QED) is 0.114. The van der Waals surface area contributed by atoms with E-state index in [0.717, 1.165) is 21.5 Å². The van der Waals surface area contributed by atoms with Gasteiger partial charge in [0, 0.05) is 34.2 Å². The molecule has 2 unspecified atom stereocenters. The summed E-state index contributed by atoms with van der Waals surface area (Å²) in [5, 5.41) is 8.77. The highest BCUT2D eigenvalue weighted by Crippen LogP contribution is 2.40. The Balaban J connectivity index is 1.38. The number of thioether (sulfide) groups is 1. The highest BCUT2D eigenvalue weighted by Gasteiger charge is 2.52. The minimum atomic E-state index is -1.27. The number of fused-ring (bicyclic) bond motifs is 1. The summed E-state index contributed by atoms with van der Waals surface area (Å²) in [6.07, 6.45) is -0.746. The number of methoxy groups -OCH3 is 1. The summed E-state index contributed by atoms with van der Waals surface area (Å²) in [6, 6.07) is 6.51. The van der Waals surface area contributed by atoms with Gasteiger partial charge >= 0.3 is 12.1 Å². The van der Waals surface area contributed by atoms with Crippen molar-refractivity contribution in [3.8, 4) is 5.75 Å². The maximum Gasteiger partial charge on any atom is 0.414 e. The topological polar surface area (TPSA) is 154 Å². The number of carbonyl (C=O) groups is 3. The van der Waals surface area contributed by atoms with Crippen LogP contribution < -0.4 is 15.4 Å². The van der Waals surface area contributed by atoms with Gasteiger partial charge in [-0.15, -0.1) is 11.8 Å². The second kappa shape index (κ2) is 14.8. The molecule has 1 aromatic heterocycles. The summed E-state index contributed by atoms with van der Waals surface area (Å²) in [4.78, 5) is 49.2. The number of nitrogens with zero attached hydrogens (tertiary/aromatic N) is 4. The average Bonchev–Trinajstić information content (AvgIpc) is 3.41. The molecule has 3 heterocycles. The first kappa shape index (κ1) is 33.1. The minimum absolute atomic E-state index is 0.0588. The summed E-state index contributed by atoms with van der Waals surface area (Å²) >= 11 is 4.71. The smallest absolute Gasteiger partial charge is 0.414 e. The largest absolute Gasteiger partial charge is 0.497 e. The number of benzene rings is 1. The van der Waals surface area contributed by atoms with Crippen LogP contribution in [0.15, 0.2) is 29.4 Å².